The van der Waals surface area contributed by atoms with Gasteiger partial charge in [-0.1, -0.05) is 20.8 Å². The molecule has 6 heteroatoms. The molecule has 116 valence electrons. The van der Waals surface area contributed by atoms with Crippen molar-refractivity contribution in [2.24, 2.45) is 17.1 Å². The minimum absolute atomic E-state index is 0.0677. The van der Waals surface area contributed by atoms with Crippen molar-refractivity contribution in [3.05, 3.63) is 0 Å². The van der Waals surface area contributed by atoms with Crippen molar-refractivity contribution >= 4 is 11.9 Å². The summed E-state index contributed by atoms with van der Waals surface area (Å²) in [5, 5.41) is 12.4. The molecule has 1 aliphatic rings. The molecular weight excluding hydrogens is 258 g/mol. The lowest BCUT2D eigenvalue weighted by molar-refractivity contribution is -0.138. The third-order valence-corrected chi connectivity index (χ3v) is 3.38. The van der Waals surface area contributed by atoms with Gasteiger partial charge in [-0.2, -0.15) is 0 Å². The van der Waals surface area contributed by atoms with Crippen molar-refractivity contribution in [3.8, 4) is 0 Å². The Bertz CT molecular complexity index is 328. The molecule has 1 rings (SSSR count). The van der Waals surface area contributed by atoms with Crippen LogP contribution in [0.15, 0.2) is 0 Å². The topological polar surface area (TPSA) is 95.7 Å². The van der Waals surface area contributed by atoms with Gasteiger partial charge in [0.05, 0.1) is 6.54 Å². The van der Waals surface area contributed by atoms with Crippen LogP contribution in [-0.2, 0) is 9.59 Å². The van der Waals surface area contributed by atoms with Crippen LogP contribution in [0.1, 0.15) is 33.6 Å². The Hall–Kier alpha value is -1.14. The van der Waals surface area contributed by atoms with Crippen molar-refractivity contribution in [2.75, 3.05) is 26.2 Å². The van der Waals surface area contributed by atoms with E-state index < -0.39 is 5.97 Å². The number of piperidine rings is 1. The molecular formula is C14H27N3O3. The highest BCUT2D eigenvalue weighted by atomic mass is 16.4. The van der Waals surface area contributed by atoms with Gasteiger partial charge in [-0.25, -0.2) is 0 Å². The zero-order valence-electron chi connectivity index (χ0n) is 12.7. The number of nitrogens with one attached hydrogen (secondary N) is 1. The number of nitrogens with zero attached hydrogens (tertiary/aromatic N) is 1. The molecule has 0 radical (unpaired) electrons. The molecule has 0 aromatic carbocycles. The lowest BCUT2D eigenvalue weighted by atomic mass is 9.90. The molecule has 2 unspecified atom stereocenters. The van der Waals surface area contributed by atoms with Crippen molar-refractivity contribution < 1.29 is 14.7 Å². The highest BCUT2D eigenvalue weighted by Gasteiger charge is 2.29. The van der Waals surface area contributed by atoms with Gasteiger partial charge in [0.15, 0.2) is 0 Å². The van der Waals surface area contributed by atoms with Crippen LogP contribution in [0.2, 0.25) is 0 Å². The molecule has 1 amide bonds. The van der Waals surface area contributed by atoms with E-state index in [9.17, 15) is 9.59 Å². The summed E-state index contributed by atoms with van der Waals surface area (Å²) >= 11 is 0. The number of nitrogens with two attached hydrogens (primary N) is 1. The average molecular weight is 285 g/mol. The number of rotatable bonds is 6. The number of carboxylic acid groups (broad SMARTS) is 1. The summed E-state index contributed by atoms with van der Waals surface area (Å²) in [6.45, 7) is 8.89. The number of primary amides is 1. The summed E-state index contributed by atoms with van der Waals surface area (Å²) < 4.78 is 0. The fourth-order valence-electron chi connectivity index (χ4n) is 2.65. The number of hydrogen-bond donors (Lipinski definition) is 3. The van der Waals surface area contributed by atoms with E-state index >= 15 is 0 Å². The Morgan fingerprint density at radius 3 is 2.50 bits per heavy atom. The number of carbonyl (C=O) groups is 2. The second-order valence-electron chi connectivity index (χ2n) is 7.00. The quantitative estimate of drug-likeness (QED) is 0.651. The molecule has 0 saturated carbocycles. The largest absolute Gasteiger partial charge is 0.481 e. The van der Waals surface area contributed by atoms with Crippen LogP contribution in [0.25, 0.3) is 0 Å². The fraction of sp³-hybridized carbons (Fsp3) is 0.857. The van der Waals surface area contributed by atoms with Crippen molar-refractivity contribution in [1.29, 1.82) is 0 Å². The van der Waals surface area contributed by atoms with E-state index in [-0.39, 0.29) is 36.2 Å². The van der Waals surface area contributed by atoms with Gasteiger partial charge in [-0.3, -0.25) is 14.5 Å². The summed E-state index contributed by atoms with van der Waals surface area (Å²) in [6.07, 6.45) is 0.973. The molecule has 1 aliphatic heterocycles. The summed E-state index contributed by atoms with van der Waals surface area (Å²) in [7, 11) is 0. The molecule has 4 N–H and O–H groups in total. The maximum atomic E-state index is 11.1. The number of hydrogen-bond acceptors (Lipinski definition) is 4. The highest BCUT2D eigenvalue weighted by molar-refractivity contribution is 5.76. The van der Waals surface area contributed by atoms with Crippen molar-refractivity contribution in [3.63, 3.8) is 0 Å². The average Bonchev–Trinajstić information content (AvgIpc) is 2.23. The van der Waals surface area contributed by atoms with E-state index in [1.54, 1.807) is 0 Å². The van der Waals surface area contributed by atoms with E-state index in [1.165, 1.54) is 0 Å². The molecule has 0 aromatic heterocycles. The fourth-order valence-corrected chi connectivity index (χ4v) is 2.65. The summed E-state index contributed by atoms with van der Waals surface area (Å²) in [5.74, 6) is -1.08. The van der Waals surface area contributed by atoms with E-state index in [1.807, 2.05) is 4.90 Å². The number of aliphatic carboxylic acids is 1. The molecule has 6 nitrogen and oxygen atoms in total. The highest BCUT2D eigenvalue weighted by Crippen LogP contribution is 2.21. The standard InChI is InChI=1S/C14H27N3O3/c1-14(2,3)9-16-11-4-10(5-13(19)20)6-17(7-11)8-12(15)18/h10-11,16H,4-9H2,1-3H3,(H2,15,18)(H,19,20). The summed E-state index contributed by atoms with van der Waals surface area (Å²) in [5.41, 5.74) is 5.42. The molecule has 0 aromatic rings. The Kier molecular flexibility index (Phi) is 5.95. The van der Waals surface area contributed by atoms with Gasteiger partial charge in [0.25, 0.3) is 0 Å². The predicted octanol–water partition coefficient (Wildman–Crippen LogP) is 0.273. The second kappa shape index (κ2) is 7.04. The molecule has 1 fully saturated rings. The first-order valence-electron chi connectivity index (χ1n) is 7.11. The Morgan fingerprint density at radius 2 is 2.00 bits per heavy atom. The summed E-state index contributed by atoms with van der Waals surface area (Å²) in [6, 6.07) is 0.215. The van der Waals surface area contributed by atoms with E-state index in [4.69, 9.17) is 10.8 Å². The number of likely N-dealkylation sites (tertiary alicyclic amines) is 1. The lowest BCUT2D eigenvalue weighted by Crippen LogP contribution is -2.52. The van der Waals surface area contributed by atoms with Crippen LogP contribution >= 0.6 is 0 Å². The Morgan fingerprint density at radius 1 is 1.35 bits per heavy atom. The molecule has 20 heavy (non-hydrogen) atoms. The molecule has 2 atom stereocenters. The maximum Gasteiger partial charge on any atom is 0.303 e. The second-order valence-corrected chi connectivity index (χ2v) is 7.00. The normalized spacial score (nSPS) is 24.6. The molecule has 1 saturated heterocycles. The van der Waals surface area contributed by atoms with Crippen LogP contribution in [-0.4, -0.2) is 54.1 Å². The number of carbonyl (C=O) groups excluding carboxylic acids is 1. The first kappa shape index (κ1) is 16.9. The zero-order chi connectivity index (χ0) is 15.3. The van der Waals surface area contributed by atoms with Crippen molar-refractivity contribution in [2.45, 2.75) is 39.7 Å². The van der Waals surface area contributed by atoms with Crippen LogP contribution in [0.4, 0.5) is 0 Å². The first-order valence-corrected chi connectivity index (χ1v) is 7.11. The van der Waals surface area contributed by atoms with E-state index in [0.717, 1.165) is 19.5 Å². The maximum absolute atomic E-state index is 11.1. The smallest absolute Gasteiger partial charge is 0.303 e. The lowest BCUT2D eigenvalue weighted by Gasteiger charge is -2.38. The van der Waals surface area contributed by atoms with Gasteiger partial charge in [0.1, 0.15) is 0 Å². The monoisotopic (exact) mass is 285 g/mol. The minimum Gasteiger partial charge on any atom is -0.481 e. The van der Waals surface area contributed by atoms with Gasteiger partial charge in [-0.05, 0) is 17.8 Å². The van der Waals surface area contributed by atoms with Crippen LogP contribution in [0, 0.1) is 11.3 Å². The van der Waals surface area contributed by atoms with E-state index in [2.05, 4.69) is 26.1 Å². The third kappa shape index (κ3) is 6.86. The Balaban J connectivity index is 2.59. The Labute approximate surface area is 120 Å². The van der Waals surface area contributed by atoms with Crippen molar-refractivity contribution in [1.82, 2.24) is 10.2 Å². The SMILES string of the molecule is CC(C)(C)CNC1CC(CC(=O)O)CN(CC(N)=O)C1. The van der Waals surface area contributed by atoms with Crippen LogP contribution in [0.3, 0.4) is 0 Å². The van der Waals surface area contributed by atoms with E-state index in [0.29, 0.717) is 6.54 Å². The van der Waals surface area contributed by atoms with Gasteiger partial charge < -0.3 is 16.2 Å². The predicted molar refractivity (Wildman–Crippen MR) is 77.2 cm³/mol. The molecule has 0 aliphatic carbocycles. The number of carboxylic acids is 1. The van der Waals surface area contributed by atoms with Gasteiger partial charge in [0, 0.05) is 32.1 Å². The summed E-state index contributed by atoms with van der Waals surface area (Å²) in [4.78, 5) is 23.9. The zero-order valence-corrected chi connectivity index (χ0v) is 12.7. The minimum atomic E-state index is -0.787. The number of amides is 1. The third-order valence-electron chi connectivity index (χ3n) is 3.38. The van der Waals surface area contributed by atoms with Gasteiger partial charge >= 0.3 is 5.97 Å². The van der Waals surface area contributed by atoms with Gasteiger partial charge in [-0.15, -0.1) is 0 Å². The molecule has 0 spiro atoms. The van der Waals surface area contributed by atoms with Crippen LogP contribution in [0.5, 0.6) is 0 Å². The first-order chi connectivity index (χ1) is 9.15. The van der Waals surface area contributed by atoms with Gasteiger partial charge in [0.2, 0.25) is 5.91 Å². The molecule has 1 heterocycles. The van der Waals surface area contributed by atoms with Crippen LogP contribution < -0.4 is 11.1 Å². The molecule has 0 bridgehead atoms.